The Hall–Kier alpha value is -3.81. The van der Waals surface area contributed by atoms with Crippen LogP contribution in [0, 0.1) is 0 Å². The minimum atomic E-state index is -0.345. The van der Waals surface area contributed by atoms with Crippen LogP contribution in [0.15, 0.2) is 76.1 Å². The number of rotatable bonds is 6. The van der Waals surface area contributed by atoms with Gasteiger partial charge in [-0.3, -0.25) is 14.6 Å². The number of hydrogen-bond acceptors (Lipinski definition) is 7. The van der Waals surface area contributed by atoms with Gasteiger partial charge in [-0.15, -0.1) is 0 Å². The largest absolute Gasteiger partial charge is 0.507 e. The maximum Gasteiger partial charge on any atom is 0.204 e. The van der Waals surface area contributed by atoms with Crippen molar-refractivity contribution >= 4 is 11.0 Å². The van der Waals surface area contributed by atoms with Crippen LogP contribution < -0.4 is 10.2 Å². The molecule has 4 aromatic rings. The summed E-state index contributed by atoms with van der Waals surface area (Å²) >= 11 is 0. The molecule has 0 radical (unpaired) electrons. The second kappa shape index (κ2) is 9.82. The van der Waals surface area contributed by atoms with Crippen molar-refractivity contribution in [2.45, 2.75) is 13.1 Å². The van der Waals surface area contributed by atoms with Crippen molar-refractivity contribution in [2.75, 3.05) is 33.3 Å². The van der Waals surface area contributed by atoms with Gasteiger partial charge in [-0.1, -0.05) is 42.5 Å². The first-order valence-corrected chi connectivity index (χ1v) is 11.7. The van der Waals surface area contributed by atoms with Crippen LogP contribution in [-0.2, 0) is 13.1 Å². The molecule has 7 heteroatoms. The quantitative estimate of drug-likeness (QED) is 0.435. The molecule has 0 bridgehead atoms. The highest BCUT2D eigenvalue weighted by molar-refractivity contribution is 5.90. The molecule has 0 spiro atoms. The standard InChI is InChI=1S/C28H28N2O5/c1-34-21-9-7-20(8-10-21)23-18-35-28-22(24(31)15-25(32)26(28)27(23)33)17-30-13-11-29(12-14-30)16-19-5-3-2-4-6-19/h2-10,15,18,31-32H,11-14,16-17H2,1H3. The summed E-state index contributed by atoms with van der Waals surface area (Å²) in [5.41, 5.74) is 2.66. The number of nitrogens with zero attached hydrogens (tertiary/aromatic N) is 2. The third-order valence-corrected chi connectivity index (χ3v) is 6.60. The molecule has 0 unspecified atom stereocenters. The summed E-state index contributed by atoms with van der Waals surface area (Å²) in [6.45, 7) is 4.78. The second-order valence-corrected chi connectivity index (χ2v) is 8.84. The lowest BCUT2D eigenvalue weighted by Gasteiger charge is -2.34. The highest BCUT2D eigenvalue weighted by Crippen LogP contribution is 2.35. The van der Waals surface area contributed by atoms with E-state index in [1.807, 2.05) is 6.07 Å². The van der Waals surface area contributed by atoms with Crippen molar-refractivity contribution in [3.63, 3.8) is 0 Å². The Morgan fingerprint density at radius 2 is 1.54 bits per heavy atom. The zero-order valence-corrected chi connectivity index (χ0v) is 19.6. The van der Waals surface area contributed by atoms with E-state index in [-0.39, 0.29) is 27.9 Å². The molecule has 0 saturated carbocycles. The van der Waals surface area contributed by atoms with Gasteiger partial charge in [0.15, 0.2) is 0 Å². The summed E-state index contributed by atoms with van der Waals surface area (Å²) < 4.78 is 11.1. The van der Waals surface area contributed by atoms with E-state index in [2.05, 4.69) is 34.1 Å². The summed E-state index contributed by atoms with van der Waals surface area (Å²) in [7, 11) is 1.58. The number of ether oxygens (including phenoxy) is 1. The van der Waals surface area contributed by atoms with Gasteiger partial charge in [0.05, 0.1) is 18.2 Å². The maximum absolute atomic E-state index is 13.3. The highest BCUT2D eigenvalue weighted by atomic mass is 16.5. The van der Waals surface area contributed by atoms with Gasteiger partial charge in [-0.05, 0) is 23.3 Å². The number of hydrogen-bond donors (Lipinski definition) is 2. The van der Waals surface area contributed by atoms with Gasteiger partial charge in [0.25, 0.3) is 0 Å². The van der Waals surface area contributed by atoms with Crippen LogP contribution in [0.4, 0.5) is 0 Å². The molecule has 1 aliphatic heterocycles. The van der Waals surface area contributed by atoms with Crippen LogP contribution in [-0.4, -0.2) is 53.3 Å². The average molecular weight is 473 g/mol. The van der Waals surface area contributed by atoms with Crippen molar-refractivity contribution in [1.82, 2.24) is 9.80 Å². The van der Waals surface area contributed by atoms with E-state index >= 15 is 0 Å². The number of aromatic hydroxyl groups is 2. The van der Waals surface area contributed by atoms with Gasteiger partial charge in [0.1, 0.15) is 34.5 Å². The SMILES string of the molecule is COc1ccc(-c2coc3c(CN4CCN(Cc5ccccc5)CC4)c(O)cc(O)c3c2=O)cc1. The Bertz CT molecular complexity index is 1370. The molecule has 0 atom stereocenters. The smallest absolute Gasteiger partial charge is 0.204 e. The first kappa shape index (κ1) is 23.0. The van der Waals surface area contributed by atoms with Crippen molar-refractivity contribution in [3.8, 4) is 28.4 Å². The van der Waals surface area contributed by atoms with Gasteiger partial charge < -0.3 is 19.4 Å². The van der Waals surface area contributed by atoms with Gasteiger partial charge in [0, 0.05) is 45.3 Å². The zero-order valence-electron chi connectivity index (χ0n) is 19.6. The zero-order chi connectivity index (χ0) is 24.4. The molecule has 0 aliphatic carbocycles. The molecule has 1 aliphatic rings. The molecule has 35 heavy (non-hydrogen) atoms. The van der Waals surface area contributed by atoms with Crippen molar-refractivity contribution in [3.05, 3.63) is 88.3 Å². The number of fused-ring (bicyclic) bond motifs is 1. The van der Waals surface area contributed by atoms with E-state index in [9.17, 15) is 15.0 Å². The van der Waals surface area contributed by atoms with E-state index in [1.165, 1.54) is 17.9 Å². The number of methoxy groups -OCH3 is 1. The predicted octanol–water partition coefficient (Wildman–Crippen LogP) is 4.20. The fraction of sp³-hybridized carbons (Fsp3) is 0.250. The summed E-state index contributed by atoms with van der Waals surface area (Å²) in [6, 6.07) is 18.7. The fourth-order valence-electron chi connectivity index (χ4n) is 4.62. The first-order valence-electron chi connectivity index (χ1n) is 11.7. The number of benzene rings is 3. The van der Waals surface area contributed by atoms with Crippen LogP contribution in [0.25, 0.3) is 22.1 Å². The molecule has 1 saturated heterocycles. The van der Waals surface area contributed by atoms with E-state index in [0.29, 0.717) is 29.0 Å². The molecule has 2 N–H and O–H groups in total. The molecule has 1 fully saturated rings. The first-order chi connectivity index (χ1) is 17.0. The Labute approximate surface area is 203 Å². The van der Waals surface area contributed by atoms with E-state index in [4.69, 9.17) is 9.15 Å². The number of phenolic OH excluding ortho intramolecular Hbond substituents is 2. The lowest BCUT2D eigenvalue weighted by molar-refractivity contribution is 0.121. The van der Waals surface area contributed by atoms with Crippen LogP contribution in [0.1, 0.15) is 11.1 Å². The maximum atomic E-state index is 13.3. The molecule has 180 valence electrons. The van der Waals surface area contributed by atoms with E-state index in [0.717, 1.165) is 32.7 Å². The van der Waals surface area contributed by atoms with Gasteiger partial charge >= 0.3 is 0 Å². The summed E-state index contributed by atoms with van der Waals surface area (Å²) in [6.07, 6.45) is 1.40. The topological polar surface area (TPSA) is 86.4 Å². The summed E-state index contributed by atoms with van der Waals surface area (Å²) in [4.78, 5) is 18.0. The fourth-order valence-corrected chi connectivity index (χ4v) is 4.62. The Balaban J connectivity index is 1.38. The number of piperazine rings is 1. The second-order valence-electron chi connectivity index (χ2n) is 8.84. The molecular formula is C28H28N2O5. The van der Waals surface area contributed by atoms with E-state index < -0.39 is 0 Å². The van der Waals surface area contributed by atoms with Gasteiger partial charge in [-0.25, -0.2) is 0 Å². The van der Waals surface area contributed by atoms with Crippen LogP contribution in [0.2, 0.25) is 0 Å². The molecule has 5 rings (SSSR count). The molecule has 1 aromatic heterocycles. The van der Waals surface area contributed by atoms with E-state index in [1.54, 1.807) is 31.4 Å². The third kappa shape index (κ3) is 4.73. The minimum Gasteiger partial charge on any atom is -0.507 e. The monoisotopic (exact) mass is 472 g/mol. The molecule has 0 amide bonds. The Kier molecular flexibility index (Phi) is 6.44. The van der Waals surface area contributed by atoms with Gasteiger partial charge in [0.2, 0.25) is 5.43 Å². The van der Waals surface area contributed by atoms with Crippen LogP contribution in [0.3, 0.4) is 0 Å². The molecule has 7 nitrogen and oxygen atoms in total. The highest BCUT2D eigenvalue weighted by Gasteiger charge is 2.23. The molecular weight excluding hydrogens is 444 g/mol. The lowest BCUT2D eigenvalue weighted by atomic mass is 10.0. The van der Waals surface area contributed by atoms with Crippen molar-refractivity contribution in [2.24, 2.45) is 0 Å². The minimum absolute atomic E-state index is 0.0776. The van der Waals surface area contributed by atoms with Crippen LogP contribution in [0.5, 0.6) is 17.2 Å². The van der Waals surface area contributed by atoms with Crippen molar-refractivity contribution in [1.29, 1.82) is 0 Å². The predicted molar refractivity (Wildman–Crippen MR) is 135 cm³/mol. The third-order valence-electron chi connectivity index (χ3n) is 6.60. The number of phenols is 2. The van der Waals surface area contributed by atoms with Crippen LogP contribution >= 0.6 is 0 Å². The summed E-state index contributed by atoms with van der Waals surface area (Å²) in [5.74, 6) is 0.304. The van der Waals surface area contributed by atoms with Crippen molar-refractivity contribution < 1.29 is 19.4 Å². The Morgan fingerprint density at radius 3 is 2.20 bits per heavy atom. The average Bonchev–Trinajstić information content (AvgIpc) is 2.88. The van der Waals surface area contributed by atoms with Gasteiger partial charge in [-0.2, -0.15) is 0 Å². The lowest BCUT2D eigenvalue weighted by Crippen LogP contribution is -2.45. The molecule has 2 heterocycles. The summed E-state index contributed by atoms with van der Waals surface area (Å²) in [5, 5.41) is 21.2. The molecule has 3 aromatic carbocycles. The Morgan fingerprint density at radius 1 is 0.886 bits per heavy atom. The normalized spacial score (nSPS) is 14.9.